The van der Waals surface area contributed by atoms with Crippen LogP contribution in [0.25, 0.3) is 0 Å². The lowest BCUT2D eigenvalue weighted by Crippen LogP contribution is -2.14. The molecule has 0 unspecified atom stereocenters. The first kappa shape index (κ1) is 14.7. The third kappa shape index (κ3) is 3.43. The van der Waals surface area contributed by atoms with Gasteiger partial charge in [-0.15, -0.1) is 0 Å². The summed E-state index contributed by atoms with van der Waals surface area (Å²) < 4.78 is 0.996. The molecular weight excluding hydrogens is 392 g/mol. The predicted octanol–water partition coefficient (Wildman–Crippen LogP) is 3.56. The largest absolute Gasteiger partial charge is 0.478 e. The molecule has 0 aliphatic carbocycles. The molecule has 20 heavy (non-hydrogen) atoms. The maximum atomic E-state index is 12.0. The smallest absolute Gasteiger partial charge is 0.336 e. The molecule has 0 fully saturated rings. The summed E-state index contributed by atoms with van der Waals surface area (Å²) in [6, 6.07) is 9.51. The molecule has 0 atom stereocenters. The number of pyridine rings is 1. The van der Waals surface area contributed by atoms with E-state index in [0.29, 0.717) is 14.8 Å². The van der Waals surface area contributed by atoms with Crippen molar-refractivity contribution < 1.29 is 14.7 Å². The van der Waals surface area contributed by atoms with E-state index in [1.165, 1.54) is 6.07 Å². The highest BCUT2D eigenvalue weighted by Gasteiger charge is 2.12. The van der Waals surface area contributed by atoms with E-state index < -0.39 is 11.9 Å². The van der Waals surface area contributed by atoms with E-state index >= 15 is 0 Å². The monoisotopic (exact) mass is 398 g/mol. The van der Waals surface area contributed by atoms with Crippen LogP contribution in [-0.2, 0) is 0 Å². The Bertz CT molecular complexity index is 689. The van der Waals surface area contributed by atoms with E-state index in [4.69, 9.17) is 5.11 Å². The number of anilines is 1. The summed E-state index contributed by atoms with van der Waals surface area (Å²) >= 11 is 6.32. The fourth-order valence-corrected chi connectivity index (χ4v) is 2.26. The van der Waals surface area contributed by atoms with Gasteiger partial charge in [-0.1, -0.05) is 6.07 Å². The lowest BCUT2D eigenvalue weighted by molar-refractivity contribution is 0.0695. The van der Waals surface area contributed by atoms with Crippen LogP contribution in [0.15, 0.2) is 45.5 Å². The van der Waals surface area contributed by atoms with E-state index in [-0.39, 0.29) is 11.3 Å². The summed E-state index contributed by atoms with van der Waals surface area (Å²) in [5, 5.41) is 11.6. The van der Waals surface area contributed by atoms with Gasteiger partial charge in [-0.05, 0) is 62.2 Å². The van der Waals surface area contributed by atoms with Gasteiger partial charge < -0.3 is 10.4 Å². The minimum absolute atomic E-state index is 0.0741. The molecular formula is C13H8Br2N2O3. The Morgan fingerprint density at radius 2 is 1.90 bits per heavy atom. The van der Waals surface area contributed by atoms with E-state index in [9.17, 15) is 9.59 Å². The Labute approximate surface area is 131 Å². The molecule has 2 N–H and O–H groups in total. The molecule has 1 aromatic carbocycles. The van der Waals surface area contributed by atoms with Crippen LogP contribution >= 0.6 is 31.9 Å². The number of hydrogen-bond acceptors (Lipinski definition) is 3. The van der Waals surface area contributed by atoms with Crippen molar-refractivity contribution in [2.24, 2.45) is 0 Å². The number of carbonyl (C=O) groups is 2. The van der Waals surface area contributed by atoms with Gasteiger partial charge in [-0.2, -0.15) is 0 Å². The molecule has 0 saturated carbocycles. The molecule has 2 aromatic rings. The SMILES string of the molecule is O=C(Nc1ccc(Br)c(C(=O)O)c1)c1cccc(Br)n1. The second kappa shape index (κ2) is 6.15. The van der Waals surface area contributed by atoms with Gasteiger partial charge in [0.1, 0.15) is 10.3 Å². The van der Waals surface area contributed by atoms with Gasteiger partial charge in [0.05, 0.1) is 5.56 Å². The molecule has 102 valence electrons. The van der Waals surface area contributed by atoms with Crippen LogP contribution in [0.1, 0.15) is 20.8 Å². The number of benzene rings is 1. The molecule has 5 nitrogen and oxygen atoms in total. The third-order valence-corrected chi connectivity index (χ3v) is 3.54. The molecule has 0 aliphatic rings. The molecule has 1 amide bonds. The zero-order chi connectivity index (χ0) is 14.7. The first-order valence-electron chi connectivity index (χ1n) is 5.44. The van der Waals surface area contributed by atoms with Crippen molar-refractivity contribution in [3.63, 3.8) is 0 Å². The third-order valence-electron chi connectivity index (χ3n) is 2.40. The number of carboxylic acid groups (broad SMARTS) is 1. The zero-order valence-electron chi connectivity index (χ0n) is 9.93. The van der Waals surface area contributed by atoms with E-state index in [1.54, 1.807) is 30.3 Å². The van der Waals surface area contributed by atoms with Crippen LogP contribution < -0.4 is 5.32 Å². The second-order valence-corrected chi connectivity index (χ2v) is 5.47. The lowest BCUT2D eigenvalue weighted by Gasteiger charge is -2.07. The molecule has 1 heterocycles. The van der Waals surface area contributed by atoms with Crippen molar-refractivity contribution in [1.29, 1.82) is 0 Å². The standard InChI is InChI=1S/C13H8Br2N2O3/c14-9-5-4-7(6-8(9)13(19)20)16-12(18)10-2-1-3-11(15)17-10/h1-6H,(H,16,18)(H,19,20). The Kier molecular flexibility index (Phi) is 4.51. The fourth-order valence-electron chi connectivity index (χ4n) is 1.50. The summed E-state index contributed by atoms with van der Waals surface area (Å²) in [4.78, 5) is 27.0. The van der Waals surface area contributed by atoms with Crippen LogP contribution in [0.4, 0.5) is 5.69 Å². The number of halogens is 2. The Morgan fingerprint density at radius 1 is 1.15 bits per heavy atom. The number of aromatic carboxylic acids is 1. The van der Waals surface area contributed by atoms with Gasteiger partial charge in [-0.3, -0.25) is 4.79 Å². The van der Waals surface area contributed by atoms with Gasteiger partial charge in [0, 0.05) is 10.2 Å². The molecule has 0 aliphatic heterocycles. The number of nitrogens with zero attached hydrogens (tertiary/aromatic N) is 1. The van der Waals surface area contributed by atoms with Crippen molar-refractivity contribution in [2.75, 3.05) is 5.32 Å². The minimum atomic E-state index is -1.08. The summed E-state index contributed by atoms with van der Waals surface area (Å²) in [7, 11) is 0. The number of carbonyl (C=O) groups excluding carboxylic acids is 1. The molecule has 0 bridgehead atoms. The Hall–Kier alpha value is -1.73. The van der Waals surface area contributed by atoms with E-state index in [0.717, 1.165) is 0 Å². The summed E-state index contributed by atoms with van der Waals surface area (Å²) in [6.45, 7) is 0. The fraction of sp³-hybridized carbons (Fsp3) is 0. The maximum absolute atomic E-state index is 12.0. The summed E-state index contributed by atoms with van der Waals surface area (Å²) in [5.74, 6) is -1.49. The highest BCUT2D eigenvalue weighted by Crippen LogP contribution is 2.21. The Morgan fingerprint density at radius 3 is 2.55 bits per heavy atom. The van der Waals surface area contributed by atoms with Crippen LogP contribution in [0.5, 0.6) is 0 Å². The first-order valence-corrected chi connectivity index (χ1v) is 7.03. The minimum Gasteiger partial charge on any atom is -0.478 e. The van der Waals surface area contributed by atoms with Gasteiger partial charge >= 0.3 is 5.97 Å². The normalized spacial score (nSPS) is 10.1. The number of rotatable bonds is 3. The average molecular weight is 400 g/mol. The highest BCUT2D eigenvalue weighted by molar-refractivity contribution is 9.10. The molecule has 0 saturated heterocycles. The van der Waals surface area contributed by atoms with Crippen molar-refractivity contribution in [2.45, 2.75) is 0 Å². The Balaban J connectivity index is 2.24. The number of hydrogen-bond donors (Lipinski definition) is 2. The van der Waals surface area contributed by atoms with Crippen molar-refractivity contribution in [3.8, 4) is 0 Å². The van der Waals surface area contributed by atoms with E-state index in [1.807, 2.05) is 0 Å². The van der Waals surface area contributed by atoms with Crippen molar-refractivity contribution >= 4 is 49.4 Å². The number of nitrogens with one attached hydrogen (secondary N) is 1. The van der Waals surface area contributed by atoms with Crippen LogP contribution in [0.3, 0.4) is 0 Å². The topological polar surface area (TPSA) is 79.3 Å². The number of aromatic nitrogens is 1. The summed E-state index contributed by atoms with van der Waals surface area (Å²) in [5.41, 5.74) is 0.696. The van der Waals surface area contributed by atoms with Crippen molar-refractivity contribution in [3.05, 3.63) is 56.7 Å². The highest BCUT2D eigenvalue weighted by atomic mass is 79.9. The molecule has 7 heteroatoms. The molecule has 2 rings (SSSR count). The second-order valence-electron chi connectivity index (χ2n) is 3.80. The van der Waals surface area contributed by atoms with Gasteiger partial charge in [0.15, 0.2) is 0 Å². The van der Waals surface area contributed by atoms with Gasteiger partial charge in [0.2, 0.25) is 0 Å². The van der Waals surface area contributed by atoms with Crippen LogP contribution in [0.2, 0.25) is 0 Å². The van der Waals surface area contributed by atoms with Crippen LogP contribution in [-0.4, -0.2) is 22.0 Å². The predicted molar refractivity (Wildman–Crippen MR) is 81.0 cm³/mol. The molecule has 0 radical (unpaired) electrons. The maximum Gasteiger partial charge on any atom is 0.336 e. The average Bonchev–Trinajstić information content (AvgIpc) is 2.40. The van der Waals surface area contributed by atoms with Crippen LogP contribution in [0, 0.1) is 0 Å². The first-order chi connectivity index (χ1) is 9.47. The lowest BCUT2D eigenvalue weighted by atomic mass is 10.2. The number of amides is 1. The van der Waals surface area contributed by atoms with Gasteiger partial charge in [-0.25, -0.2) is 9.78 Å². The van der Waals surface area contributed by atoms with E-state index in [2.05, 4.69) is 42.2 Å². The quantitative estimate of drug-likeness (QED) is 0.773. The van der Waals surface area contributed by atoms with Gasteiger partial charge in [0.25, 0.3) is 5.91 Å². The number of carboxylic acids is 1. The zero-order valence-corrected chi connectivity index (χ0v) is 13.1. The molecule has 0 spiro atoms. The summed E-state index contributed by atoms with van der Waals surface area (Å²) in [6.07, 6.45) is 0. The van der Waals surface area contributed by atoms with Crippen molar-refractivity contribution in [1.82, 2.24) is 4.98 Å². The molecule has 1 aromatic heterocycles.